The average molecular weight is 405 g/mol. The van der Waals surface area contributed by atoms with Crippen molar-refractivity contribution in [1.29, 1.82) is 0 Å². The summed E-state index contributed by atoms with van der Waals surface area (Å²) in [6.07, 6.45) is 0. The van der Waals surface area contributed by atoms with Crippen molar-refractivity contribution < 1.29 is 9.32 Å². The number of benzene rings is 4. The molecule has 5 heteroatoms. The van der Waals surface area contributed by atoms with Crippen LogP contribution in [0.25, 0.3) is 33.6 Å². The molecule has 0 fully saturated rings. The van der Waals surface area contributed by atoms with Crippen molar-refractivity contribution >= 4 is 16.7 Å². The fourth-order valence-corrected chi connectivity index (χ4v) is 3.43. The summed E-state index contributed by atoms with van der Waals surface area (Å²) in [6.45, 7) is 0.487. The van der Waals surface area contributed by atoms with E-state index < -0.39 is 0 Å². The van der Waals surface area contributed by atoms with Crippen molar-refractivity contribution in [3.05, 3.63) is 108 Å². The van der Waals surface area contributed by atoms with E-state index in [0.717, 1.165) is 27.5 Å². The second-order valence-electron chi connectivity index (χ2n) is 7.23. The predicted molar refractivity (Wildman–Crippen MR) is 120 cm³/mol. The van der Waals surface area contributed by atoms with E-state index in [-0.39, 0.29) is 5.91 Å². The Kier molecular flexibility index (Phi) is 4.99. The molecule has 1 N–H and O–H groups in total. The maximum Gasteiger partial charge on any atom is 0.258 e. The van der Waals surface area contributed by atoms with Gasteiger partial charge in [0.15, 0.2) is 0 Å². The summed E-state index contributed by atoms with van der Waals surface area (Å²) in [4.78, 5) is 16.9. The molecule has 0 aliphatic heterocycles. The largest absolute Gasteiger partial charge is 0.348 e. The number of nitrogens with zero attached hydrogens (tertiary/aromatic N) is 2. The summed E-state index contributed by atoms with van der Waals surface area (Å²) < 4.78 is 5.48. The third-order valence-electron chi connectivity index (χ3n) is 5.12. The van der Waals surface area contributed by atoms with Crippen LogP contribution in [-0.2, 0) is 6.54 Å². The minimum Gasteiger partial charge on any atom is -0.348 e. The first-order valence-electron chi connectivity index (χ1n) is 10.0. The highest BCUT2D eigenvalue weighted by molar-refractivity contribution is 5.94. The quantitative estimate of drug-likeness (QED) is 0.420. The Morgan fingerprint density at radius 3 is 2.29 bits per heavy atom. The van der Waals surface area contributed by atoms with E-state index in [4.69, 9.17) is 4.52 Å². The monoisotopic (exact) mass is 405 g/mol. The number of fused-ring (bicyclic) bond motifs is 1. The van der Waals surface area contributed by atoms with Crippen molar-refractivity contribution in [2.24, 2.45) is 0 Å². The Labute approximate surface area is 179 Å². The molecule has 0 saturated carbocycles. The molecule has 31 heavy (non-hydrogen) atoms. The highest BCUT2D eigenvalue weighted by atomic mass is 16.5. The van der Waals surface area contributed by atoms with Crippen LogP contribution >= 0.6 is 0 Å². The van der Waals surface area contributed by atoms with Crippen LogP contribution < -0.4 is 5.32 Å². The molecule has 5 nitrogen and oxygen atoms in total. The second-order valence-corrected chi connectivity index (χ2v) is 7.23. The lowest BCUT2D eigenvalue weighted by atomic mass is 10.1. The fourth-order valence-electron chi connectivity index (χ4n) is 3.43. The summed E-state index contributed by atoms with van der Waals surface area (Å²) in [5, 5.41) is 9.31. The van der Waals surface area contributed by atoms with Crippen LogP contribution in [0.2, 0.25) is 0 Å². The molecule has 4 aromatic carbocycles. The first-order valence-corrected chi connectivity index (χ1v) is 10.0. The third kappa shape index (κ3) is 4.07. The number of hydrogen-bond donors (Lipinski definition) is 1. The summed E-state index contributed by atoms with van der Waals surface area (Å²) in [7, 11) is 0. The molecule has 1 amide bonds. The summed E-state index contributed by atoms with van der Waals surface area (Å²) in [5.41, 5.74) is 3.29. The zero-order valence-corrected chi connectivity index (χ0v) is 16.7. The normalized spacial score (nSPS) is 10.8. The highest BCUT2D eigenvalue weighted by Gasteiger charge is 2.12. The smallest absolute Gasteiger partial charge is 0.258 e. The molecule has 1 aromatic heterocycles. The molecule has 5 rings (SSSR count). The molecule has 0 spiro atoms. The molecule has 0 saturated heterocycles. The number of carbonyl (C=O) groups excluding carboxylic acids is 1. The first-order chi connectivity index (χ1) is 15.3. The minimum absolute atomic E-state index is 0.125. The molecule has 0 radical (unpaired) electrons. The summed E-state index contributed by atoms with van der Waals surface area (Å²) in [6, 6.07) is 31.2. The van der Waals surface area contributed by atoms with Crippen LogP contribution in [0.3, 0.4) is 0 Å². The van der Waals surface area contributed by atoms with E-state index in [1.54, 1.807) is 12.1 Å². The van der Waals surface area contributed by atoms with Gasteiger partial charge in [-0.05, 0) is 40.6 Å². The predicted octanol–water partition coefficient (Wildman–Crippen LogP) is 5.49. The van der Waals surface area contributed by atoms with Crippen molar-refractivity contribution in [1.82, 2.24) is 15.5 Å². The van der Waals surface area contributed by atoms with Crippen LogP contribution in [0.5, 0.6) is 0 Å². The molecule has 0 aliphatic carbocycles. The standard InChI is InChI=1S/C26H19N3O2/c30-25(27-17-18-6-2-1-3-7-18)21-13-11-20(12-14-21)24-28-26(31-29-24)23-15-10-19-8-4-5-9-22(19)16-23/h1-16H,17H2,(H,27,30). The zero-order valence-electron chi connectivity index (χ0n) is 16.7. The van der Waals surface area contributed by atoms with Crippen LogP contribution in [0.4, 0.5) is 0 Å². The molecular weight excluding hydrogens is 386 g/mol. The Balaban J connectivity index is 1.31. The summed E-state index contributed by atoms with van der Waals surface area (Å²) in [5.74, 6) is 0.824. The lowest BCUT2D eigenvalue weighted by Gasteiger charge is -2.05. The van der Waals surface area contributed by atoms with Gasteiger partial charge in [-0.15, -0.1) is 0 Å². The molecule has 0 aliphatic rings. The van der Waals surface area contributed by atoms with E-state index in [1.807, 2.05) is 72.8 Å². The average Bonchev–Trinajstić information content (AvgIpc) is 3.33. The van der Waals surface area contributed by atoms with Crippen LogP contribution in [-0.4, -0.2) is 16.0 Å². The van der Waals surface area contributed by atoms with Gasteiger partial charge in [0.1, 0.15) is 0 Å². The SMILES string of the molecule is O=C(NCc1ccccc1)c1ccc(-c2noc(-c3ccc4ccccc4c3)n2)cc1. The fraction of sp³-hybridized carbons (Fsp3) is 0.0385. The van der Waals surface area contributed by atoms with Crippen molar-refractivity contribution in [2.45, 2.75) is 6.54 Å². The van der Waals surface area contributed by atoms with Gasteiger partial charge in [0, 0.05) is 23.2 Å². The minimum atomic E-state index is -0.125. The molecule has 1 heterocycles. The van der Waals surface area contributed by atoms with E-state index in [0.29, 0.717) is 23.8 Å². The van der Waals surface area contributed by atoms with Gasteiger partial charge >= 0.3 is 0 Å². The van der Waals surface area contributed by atoms with Gasteiger partial charge < -0.3 is 9.84 Å². The second kappa shape index (κ2) is 8.24. The number of amides is 1. The Morgan fingerprint density at radius 2 is 1.48 bits per heavy atom. The van der Waals surface area contributed by atoms with Gasteiger partial charge in [-0.1, -0.05) is 78.0 Å². The molecule has 0 unspecified atom stereocenters. The Bertz CT molecular complexity index is 1340. The maximum atomic E-state index is 12.4. The van der Waals surface area contributed by atoms with Crippen LogP contribution in [0.15, 0.2) is 102 Å². The van der Waals surface area contributed by atoms with Crippen molar-refractivity contribution in [3.8, 4) is 22.8 Å². The number of carbonyl (C=O) groups is 1. The number of nitrogens with one attached hydrogen (secondary N) is 1. The van der Waals surface area contributed by atoms with Gasteiger partial charge in [-0.2, -0.15) is 4.98 Å². The van der Waals surface area contributed by atoms with Gasteiger partial charge in [0.2, 0.25) is 5.82 Å². The Hall–Kier alpha value is -4.25. The van der Waals surface area contributed by atoms with Gasteiger partial charge in [0.05, 0.1) is 0 Å². The highest BCUT2D eigenvalue weighted by Crippen LogP contribution is 2.25. The molecule has 0 bridgehead atoms. The van der Waals surface area contributed by atoms with Crippen LogP contribution in [0, 0.1) is 0 Å². The number of hydrogen-bond acceptors (Lipinski definition) is 4. The van der Waals surface area contributed by atoms with Gasteiger partial charge in [0.25, 0.3) is 11.8 Å². The lowest BCUT2D eigenvalue weighted by molar-refractivity contribution is 0.0951. The molecule has 150 valence electrons. The van der Waals surface area contributed by atoms with Crippen molar-refractivity contribution in [3.63, 3.8) is 0 Å². The maximum absolute atomic E-state index is 12.4. The van der Waals surface area contributed by atoms with Gasteiger partial charge in [-0.25, -0.2) is 0 Å². The third-order valence-corrected chi connectivity index (χ3v) is 5.12. The zero-order chi connectivity index (χ0) is 21.0. The number of aromatic nitrogens is 2. The molecular formula is C26H19N3O2. The molecule has 0 atom stereocenters. The summed E-state index contributed by atoms with van der Waals surface area (Å²) >= 11 is 0. The van der Waals surface area contributed by atoms with E-state index in [1.165, 1.54) is 0 Å². The van der Waals surface area contributed by atoms with E-state index >= 15 is 0 Å². The van der Waals surface area contributed by atoms with Crippen molar-refractivity contribution in [2.75, 3.05) is 0 Å². The Morgan fingerprint density at radius 1 is 0.774 bits per heavy atom. The van der Waals surface area contributed by atoms with E-state index in [2.05, 4.69) is 27.6 Å². The first kappa shape index (κ1) is 18.8. The number of rotatable bonds is 5. The lowest BCUT2D eigenvalue weighted by Crippen LogP contribution is -2.22. The van der Waals surface area contributed by atoms with E-state index in [9.17, 15) is 4.79 Å². The topological polar surface area (TPSA) is 68.0 Å². The van der Waals surface area contributed by atoms with Crippen LogP contribution in [0.1, 0.15) is 15.9 Å². The van der Waals surface area contributed by atoms with Gasteiger partial charge in [-0.3, -0.25) is 4.79 Å². The molecule has 5 aromatic rings.